The van der Waals surface area contributed by atoms with Gasteiger partial charge >= 0.3 is 5.97 Å². The van der Waals surface area contributed by atoms with Gasteiger partial charge in [-0.15, -0.1) is 0 Å². The number of amides is 2. The van der Waals surface area contributed by atoms with Crippen LogP contribution in [0.2, 0.25) is 0 Å². The summed E-state index contributed by atoms with van der Waals surface area (Å²) in [5.74, 6) is -1.16. The summed E-state index contributed by atoms with van der Waals surface area (Å²) in [6.45, 7) is 0.246. The molecule has 0 fully saturated rings. The SMILES string of the molecule is COc1cccc2c1CCCC2=NNC(=O)CCCNC(=O)CC(=O)O. The van der Waals surface area contributed by atoms with Crippen molar-refractivity contribution in [3.63, 3.8) is 0 Å². The summed E-state index contributed by atoms with van der Waals surface area (Å²) < 4.78 is 5.38. The molecule has 0 spiro atoms. The molecule has 0 radical (unpaired) electrons. The maximum atomic E-state index is 11.9. The standard InChI is InChI=1S/C18H23N3O5/c1-26-15-8-3-5-12-13(15)6-2-7-14(12)20-21-16(22)9-4-10-19-17(23)11-18(24)25/h3,5,8H,2,4,6-7,9-11H2,1H3,(H,19,23)(H,21,22)(H,24,25). The summed E-state index contributed by atoms with van der Waals surface area (Å²) in [5.41, 5.74) is 5.48. The van der Waals surface area contributed by atoms with E-state index in [2.05, 4.69) is 15.8 Å². The van der Waals surface area contributed by atoms with E-state index in [1.54, 1.807) is 7.11 Å². The minimum absolute atomic E-state index is 0.190. The second kappa shape index (κ2) is 9.55. The Hall–Kier alpha value is -2.90. The van der Waals surface area contributed by atoms with Gasteiger partial charge in [-0.05, 0) is 31.7 Å². The van der Waals surface area contributed by atoms with Gasteiger partial charge in [-0.1, -0.05) is 12.1 Å². The molecule has 0 saturated carbocycles. The van der Waals surface area contributed by atoms with Crippen LogP contribution in [-0.4, -0.2) is 42.3 Å². The Kier molecular flexibility index (Phi) is 7.13. The normalized spacial score (nSPS) is 14.4. The van der Waals surface area contributed by atoms with Gasteiger partial charge in [0.05, 0.1) is 12.8 Å². The summed E-state index contributed by atoms with van der Waals surface area (Å²) in [5, 5.41) is 15.2. The monoisotopic (exact) mass is 361 g/mol. The van der Waals surface area contributed by atoms with E-state index in [0.29, 0.717) is 6.42 Å². The van der Waals surface area contributed by atoms with E-state index in [9.17, 15) is 14.4 Å². The number of aliphatic carboxylic acids is 1. The lowest BCUT2D eigenvalue weighted by Crippen LogP contribution is -2.28. The third-order valence-corrected chi connectivity index (χ3v) is 4.03. The molecule has 140 valence electrons. The van der Waals surface area contributed by atoms with Crippen molar-refractivity contribution < 1.29 is 24.2 Å². The molecule has 2 amide bonds. The summed E-state index contributed by atoms with van der Waals surface area (Å²) in [7, 11) is 1.64. The van der Waals surface area contributed by atoms with Gasteiger partial charge in [-0.25, -0.2) is 5.43 Å². The Morgan fingerprint density at radius 1 is 1.23 bits per heavy atom. The van der Waals surface area contributed by atoms with Crippen LogP contribution in [0.4, 0.5) is 0 Å². The van der Waals surface area contributed by atoms with Crippen LogP contribution in [0.15, 0.2) is 23.3 Å². The quantitative estimate of drug-likeness (QED) is 0.366. The van der Waals surface area contributed by atoms with E-state index in [-0.39, 0.29) is 18.9 Å². The van der Waals surface area contributed by atoms with Crippen LogP contribution >= 0.6 is 0 Å². The summed E-state index contributed by atoms with van der Waals surface area (Å²) in [6.07, 6.45) is 2.68. The van der Waals surface area contributed by atoms with Crippen molar-refractivity contribution >= 4 is 23.5 Å². The van der Waals surface area contributed by atoms with Gasteiger partial charge in [-0.3, -0.25) is 14.4 Å². The number of carbonyl (C=O) groups excluding carboxylic acids is 2. The second-order valence-electron chi connectivity index (χ2n) is 5.96. The van der Waals surface area contributed by atoms with Gasteiger partial charge in [0.25, 0.3) is 0 Å². The smallest absolute Gasteiger partial charge is 0.312 e. The molecule has 0 bridgehead atoms. The van der Waals surface area contributed by atoms with Gasteiger partial charge in [0.2, 0.25) is 11.8 Å². The fourth-order valence-corrected chi connectivity index (χ4v) is 2.83. The number of methoxy groups -OCH3 is 1. The van der Waals surface area contributed by atoms with Crippen LogP contribution in [0.25, 0.3) is 0 Å². The fraction of sp³-hybridized carbons (Fsp3) is 0.444. The molecule has 0 heterocycles. The van der Waals surface area contributed by atoms with Crippen LogP contribution in [0.1, 0.15) is 43.2 Å². The molecule has 2 rings (SSSR count). The first kappa shape index (κ1) is 19.4. The molecule has 3 N–H and O–H groups in total. The summed E-state index contributed by atoms with van der Waals surface area (Å²) in [6, 6.07) is 5.79. The number of hydrogen-bond donors (Lipinski definition) is 3. The average Bonchev–Trinajstić information content (AvgIpc) is 2.62. The van der Waals surface area contributed by atoms with Crippen molar-refractivity contribution in [2.45, 2.75) is 38.5 Å². The van der Waals surface area contributed by atoms with Crippen molar-refractivity contribution in [3.8, 4) is 5.75 Å². The lowest BCUT2D eigenvalue weighted by Gasteiger charge is -2.20. The predicted molar refractivity (Wildman–Crippen MR) is 95.1 cm³/mol. The van der Waals surface area contributed by atoms with Crippen molar-refractivity contribution in [3.05, 3.63) is 29.3 Å². The van der Waals surface area contributed by atoms with E-state index >= 15 is 0 Å². The highest BCUT2D eigenvalue weighted by atomic mass is 16.5. The lowest BCUT2D eigenvalue weighted by atomic mass is 9.89. The number of hydrazone groups is 1. The molecular formula is C18H23N3O5. The molecule has 1 aromatic carbocycles. The van der Waals surface area contributed by atoms with Crippen molar-refractivity contribution in [2.24, 2.45) is 5.10 Å². The number of nitrogens with one attached hydrogen (secondary N) is 2. The Labute approximate surface area is 151 Å². The molecule has 8 nitrogen and oxygen atoms in total. The van der Waals surface area contributed by atoms with E-state index in [1.807, 2.05) is 18.2 Å². The van der Waals surface area contributed by atoms with Crippen LogP contribution in [-0.2, 0) is 20.8 Å². The maximum absolute atomic E-state index is 11.9. The molecule has 0 aliphatic heterocycles. The Bertz CT molecular complexity index is 715. The minimum atomic E-state index is -1.18. The number of carboxylic acids is 1. The summed E-state index contributed by atoms with van der Waals surface area (Å²) >= 11 is 0. The number of carbonyl (C=O) groups is 3. The zero-order valence-electron chi connectivity index (χ0n) is 14.7. The van der Waals surface area contributed by atoms with Crippen molar-refractivity contribution in [2.75, 3.05) is 13.7 Å². The van der Waals surface area contributed by atoms with Crippen LogP contribution < -0.4 is 15.5 Å². The highest BCUT2D eigenvalue weighted by Gasteiger charge is 2.19. The highest BCUT2D eigenvalue weighted by Crippen LogP contribution is 2.29. The molecule has 0 unspecified atom stereocenters. The number of rotatable bonds is 8. The number of benzene rings is 1. The predicted octanol–water partition coefficient (Wildman–Crippen LogP) is 1.22. The topological polar surface area (TPSA) is 117 Å². The average molecular weight is 361 g/mol. The first-order chi connectivity index (χ1) is 12.5. The maximum Gasteiger partial charge on any atom is 0.312 e. The Morgan fingerprint density at radius 2 is 2.04 bits per heavy atom. The molecule has 0 saturated heterocycles. The molecule has 0 atom stereocenters. The zero-order valence-corrected chi connectivity index (χ0v) is 14.7. The summed E-state index contributed by atoms with van der Waals surface area (Å²) in [4.78, 5) is 33.4. The van der Waals surface area contributed by atoms with Gasteiger partial charge in [-0.2, -0.15) is 5.10 Å². The Balaban J connectivity index is 1.82. The molecule has 8 heteroatoms. The number of ether oxygens (including phenoxy) is 1. The van der Waals surface area contributed by atoms with Crippen molar-refractivity contribution in [1.29, 1.82) is 0 Å². The first-order valence-electron chi connectivity index (χ1n) is 8.51. The second-order valence-corrected chi connectivity index (χ2v) is 5.96. The number of carboxylic acid groups (broad SMARTS) is 1. The first-order valence-corrected chi connectivity index (χ1v) is 8.51. The molecule has 1 aromatic rings. The molecule has 1 aliphatic rings. The molecular weight excluding hydrogens is 338 g/mol. The van der Waals surface area contributed by atoms with Crippen LogP contribution in [0.5, 0.6) is 5.75 Å². The Morgan fingerprint density at radius 3 is 2.77 bits per heavy atom. The number of hydrogen-bond acceptors (Lipinski definition) is 5. The van der Waals surface area contributed by atoms with Gasteiger partial charge in [0.1, 0.15) is 12.2 Å². The third-order valence-electron chi connectivity index (χ3n) is 4.03. The van der Waals surface area contributed by atoms with E-state index < -0.39 is 18.3 Å². The van der Waals surface area contributed by atoms with E-state index in [1.165, 1.54) is 0 Å². The highest BCUT2D eigenvalue weighted by molar-refractivity contribution is 6.03. The van der Waals surface area contributed by atoms with Gasteiger partial charge in [0, 0.05) is 24.1 Å². The minimum Gasteiger partial charge on any atom is -0.496 e. The van der Waals surface area contributed by atoms with Gasteiger partial charge < -0.3 is 15.2 Å². The van der Waals surface area contributed by atoms with Crippen LogP contribution in [0.3, 0.4) is 0 Å². The zero-order chi connectivity index (χ0) is 18.9. The number of nitrogens with zero attached hydrogens (tertiary/aromatic N) is 1. The molecule has 1 aliphatic carbocycles. The van der Waals surface area contributed by atoms with E-state index in [4.69, 9.17) is 9.84 Å². The number of fused-ring (bicyclic) bond motifs is 1. The van der Waals surface area contributed by atoms with Crippen LogP contribution in [0, 0.1) is 0 Å². The molecule has 26 heavy (non-hydrogen) atoms. The molecule has 0 aromatic heterocycles. The third kappa shape index (κ3) is 5.58. The van der Waals surface area contributed by atoms with Gasteiger partial charge in [0.15, 0.2) is 0 Å². The fourth-order valence-electron chi connectivity index (χ4n) is 2.83. The largest absolute Gasteiger partial charge is 0.496 e. The lowest BCUT2D eigenvalue weighted by molar-refractivity contribution is -0.140. The van der Waals surface area contributed by atoms with E-state index in [0.717, 1.165) is 41.9 Å². The van der Waals surface area contributed by atoms with Crippen molar-refractivity contribution in [1.82, 2.24) is 10.7 Å².